The second-order valence-electron chi connectivity index (χ2n) is 5.25. The Hall–Kier alpha value is -1.81. The van der Waals surface area contributed by atoms with Gasteiger partial charge in [-0.05, 0) is 29.9 Å². The Bertz CT molecular complexity index is 606. The van der Waals surface area contributed by atoms with E-state index in [2.05, 4.69) is 0 Å². The molecule has 2 N–H and O–H groups in total. The minimum Gasteiger partial charge on any atom is -0.324 e. The second kappa shape index (κ2) is 4.94. The fourth-order valence-corrected chi connectivity index (χ4v) is 2.95. The van der Waals surface area contributed by atoms with Gasteiger partial charge in [-0.3, -0.25) is 0 Å². The normalized spacial score (nSPS) is 16.2. The Morgan fingerprint density at radius 3 is 1.95 bits per heavy atom. The fourth-order valence-electron chi connectivity index (χ4n) is 2.95. The molecule has 1 aliphatic carbocycles. The number of rotatable bonds is 2. The summed E-state index contributed by atoms with van der Waals surface area (Å²) in [5, 5.41) is 0. The van der Waals surface area contributed by atoms with Crippen molar-refractivity contribution < 1.29 is 13.2 Å². The lowest BCUT2D eigenvalue weighted by Crippen LogP contribution is -2.24. The van der Waals surface area contributed by atoms with E-state index in [1.807, 2.05) is 24.3 Å². The minimum absolute atomic E-state index is 0.0677. The molecule has 1 unspecified atom stereocenters. The first kappa shape index (κ1) is 13.2. The second-order valence-corrected chi connectivity index (χ2v) is 5.25. The molecule has 0 saturated carbocycles. The summed E-state index contributed by atoms with van der Waals surface area (Å²) in [7, 11) is 0. The van der Waals surface area contributed by atoms with E-state index in [1.165, 1.54) is 0 Å². The zero-order valence-electron chi connectivity index (χ0n) is 10.7. The van der Waals surface area contributed by atoms with Crippen LogP contribution < -0.4 is 5.73 Å². The standard InChI is InChI=1S/C16H14F3N/c17-12-7-13(18)15(14(19)8-12)16(20)11-5-9-3-1-2-4-10(9)6-11/h1-4,7-8,11,16H,5-6,20H2. The van der Waals surface area contributed by atoms with E-state index in [-0.39, 0.29) is 11.5 Å². The molecule has 0 bridgehead atoms. The molecule has 20 heavy (non-hydrogen) atoms. The highest BCUT2D eigenvalue weighted by Crippen LogP contribution is 2.35. The summed E-state index contributed by atoms with van der Waals surface area (Å²) in [5.74, 6) is -2.82. The summed E-state index contributed by atoms with van der Waals surface area (Å²) in [6, 6.07) is 8.46. The Balaban J connectivity index is 1.90. The van der Waals surface area contributed by atoms with Gasteiger partial charge < -0.3 is 5.73 Å². The molecule has 1 nitrogen and oxygen atoms in total. The molecule has 0 amide bonds. The van der Waals surface area contributed by atoms with E-state index in [9.17, 15) is 13.2 Å². The summed E-state index contributed by atoms with van der Waals surface area (Å²) in [5.41, 5.74) is 8.14. The molecule has 0 heterocycles. The van der Waals surface area contributed by atoms with Crippen molar-refractivity contribution >= 4 is 0 Å². The van der Waals surface area contributed by atoms with Gasteiger partial charge in [-0.2, -0.15) is 0 Å². The molecule has 0 radical (unpaired) electrons. The Kier molecular flexibility index (Phi) is 3.26. The summed E-state index contributed by atoms with van der Waals surface area (Å²) in [4.78, 5) is 0. The van der Waals surface area contributed by atoms with Gasteiger partial charge in [-0.15, -0.1) is 0 Å². The highest BCUT2D eigenvalue weighted by atomic mass is 19.1. The first-order valence-electron chi connectivity index (χ1n) is 6.53. The van der Waals surface area contributed by atoms with Crippen molar-refractivity contribution in [2.24, 2.45) is 11.7 Å². The van der Waals surface area contributed by atoms with Crippen molar-refractivity contribution in [3.63, 3.8) is 0 Å². The van der Waals surface area contributed by atoms with Gasteiger partial charge in [0.2, 0.25) is 0 Å². The predicted molar refractivity (Wildman–Crippen MR) is 70.6 cm³/mol. The molecule has 1 atom stereocenters. The van der Waals surface area contributed by atoms with Crippen molar-refractivity contribution in [2.75, 3.05) is 0 Å². The molecule has 0 spiro atoms. The number of halogens is 3. The van der Waals surface area contributed by atoms with Crippen LogP contribution in [0, 0.1) is 23.4 Å². The van der Waals surface area contributed by atoms with E-state index in [1.54, 1.807) is 0 Å². The average molecular weight is 277 g/mol. The summed E-state index contributed by atoms with van der Waals surface area (Å²) in [6.45, 7) is 0. The highest BCUT2D eigenvalue weighted by molar-refractivity contribution is 5.34. The Morgan fingerprint density at radius 1 is 0.950 bits per heavy atom. The molecule has 0 aliphatic heterocycles. The van der Waals surface area contributed by atoms with Crippen molar-refractivity contribution in [1.82, 2.24) is 0 Å². The van der Waals surface area contributed by atoms with E-state index < -0.39 is 23.5 Å². The van der Waals surface area contributed by atoms with Gasteiger partial charge in [0.25, 0.3) is 0 Å². The first-order chi connectivity index (χ1) is 9.56. The molecule has 4 heteroatoms. The lowest BCUT2D eigenvalue weighted by molar-refractivity contribution is 0.412. The maximum Gasteiger partial charge on any atom is 0.133 e. The van der Waals surface area contributed by atoms with E-state index in [0.717, 1.165) is 11.1 Å². The van der Waals surface area contributed by atoms with Crippen LogP contribution in [0.25, 0.3) is 0 Å². The van der Waals surface area contributed by atoms with E-state index in [4.69, 9.17) is 5.73 Å². The van der Waals surface area contributed by atoms with Crippen molar-refractivity contribution in [3.8, 4) is 0 Å². The SMILES string of the molecule is NC(c1c(F)cc(F)cc1F)C1Cc2ccccc2C1. The fraction of sp³-hybridized carbons (Fsp3) is 0.250. The Labute approximate surface area is 115 Å². The smallest absolute Gasteiger partial charge is 0.133 e. The van der Waals surface area contributed by atoms with Gasteiger partial charge in [0.15, 0.2) is 0 Å². The van der Waals surface area contributed by atoms with Gasteiger partial charge in [-0.25, -0.2) is 13.2 Å². The van der Waals surface area contributed by atoms with Crippen LogP contribution in [0.5, 0.6) is 0 Å². The quantitative estimate of drug-likeness (QED) is 0.893. The highest BCUT2D eigenvalue weighted by Gasteiger charge is 2.30. The van der Waals surface area contributed by atoms with Gasteiger partial charge in [0, 0.05) is 23.7 Å². The number of hydrogen-bond acceptors (Lipinski definition) is 1. The van der Waals surface area contributed by atoms with Crippen LogP contribution >= 0.6 is 0 Å². The van der Waals surface area contributed by atoms with E-state index >= 15 is 0 Å². The molecule has 2 aromatic carbocycles. The molecule has 104 valence electrons. The molecule has 0 saturated heterocycles. The van der Waals surface area contributed by atoms with Crippen molar-refractivity contribution in [2.45, 2.75) is 18.9 Å². The third-order valence-corrected chi connectivity index (χ3v) is 3.97. The lowest BCUT2D eigenvalue weighted by Gasteiger charge is -2.20. The summed E-state index contributed by atoms with van der Waals surface area (Å²) in [6.07, 6.45) is 1.38. The largest absolute Gasteiger partial charge is 0.324 e. The molecule has 2 aromatic rings. The number of nitrogens with two attached hydrogens (primary N) is 1. The van der Waals surface area contributed by atoms with Gasteiger partial charge in [0.05, 0.1) is 0 Å². The molecule has 0 aromatic heterocycles. The summed E-state index contributed by atoms with van der Waals surface area (Å²) >= 11 is 0. The molecule has 1 aliphatic rings. The Morgan fingerprint density at radius 2 is 1.45 bits per heavy atom. The third kappa shape index (κ3) is 2.20. The van der Waals surface area contributed by atoms with Crippen LogP contribution in [0.2, 0.25) is 0 Å². The maximum absolute atomic E-state index is 13.8. The van der Waals surface area contributed by atoms with Gasteiger partial charge in [0.1, 0.15) is 17.5 Å². The van der Waals surface area contributed by atoms with E-state index in [0.29, 0.717) is 25.0 Å². The minimum atomic E-state index is -0.925. The topological polar surface area (TPSA) is 26.0 Å². The maximum atomic E-state index is 13.8. The zero-order valence-corrected chi connectivity index (χ0v) is 10.7. The molecular formula is C16H14F3N. The van der Waals surface area contributed by atoms with Gasteiger partial charge >= 0.3 is 0 Å². The first-order valence-corrected chi connectivity index (χ1v) is 6.53. The lowest BCUT2D eigenvalue weighted by atomic mass is 9.90. The van der Waals surface area contributed by atoms with Gasteiger partial charge in [-0.1, -0.05) is 24.3 Å². The molecular weight excluding hydrogens is 263 g/mol. The molecule has 0 fully saturated rings. The monoisotopic (exact) mass is 277 g/mol. The number of fused-ring (bicyclic) bond motifs is 1. The average Bonchev–Trinajstić information content (AvgIpc) is 2.81. The van der Waals surface area contributed by atoms with Crippen LogP contribution in [-0.4, -0.2) is 0 Å². The van der Waals surface area contributed by atoms with Crippen LogP contribution in [0.15, 0.2) is 36.4 Å². The van der Waals surface area contributed by atoms with Crippen molar-refractivity contribution in [1.29, 1.82) is 0 Å². The van der Waals surface area contributed by atoms with Crippen LogP contribution in [0.3, 0.4) is 0 Å². The number of benzene rings is 2. The van der Waals surface area contributed by atoms with Crippen LogP contribution in [-0.2, 0) is 12.8 Å². The van der Waals surface area contributed by atoms with Crippen molar-refractivity contribution in [3.05, 3.63) is 70.5 Å². The predicted octanol–water partition coefficient (Wildman–Crippen LogP) is 3.52. The molecule has 3 rings (SSSR count). The van der Waals surface area contributed by atoms with Crippen LogP contribution in [0.1, 0.15) is 22.7 Å². The third-order valence-electron chi connectivity index (χ3n) is 3.97. The van der Waals surface area contributed by atoms with Crippen LogP contribution in [0.4, 0.5) is 13.2 Å². The zero-order chi connectivity index (χ0) is 14.3. The summed E-state index contributed by atoms with van der Waals surface area (Å²) < 4.78 is 40.5. The number of hydrogen-bond donors (Lipinski definition) is 1.